The lowest BCUT2D eigenvalue weighted by Gasteiger charge is -2.34. The maximum absolute atomic E-state index is 13.6. The Kier molecular flexibility index (Phi) is 6.32. The first-order chi connectivity index (χ1) is 17.4. The van der Waals surface area contributed by atoms with Gasteiger partial charge in [-0.25, -0.2) is 4.98 Å². The lowest BCUT2D eigenvalue weighted by molar-refractivity contribution is 0.0640. The van der Waals surface area contributed by atoms with E-state index in [2.05, 4.69) is 11.8 Å². The molecule has 1 aromatic carbocycles. The van der Waals surface area contributed by atoms with Gasteiger partial charge in [0.2, 0.25) is 0 Å². The molecule has 1 saturated heterocycles. The van der Waals surface area contributed by atoms with Gasteiger partial charge in [-0.1, -0.05) is 25.1 Å². The molecule has 0 saturated carbocycles. The molecular weight excluding hydrogens is 456 g/mol. The molecule has 0 bridgehead atoms. The van der Waals surface area contributed by atoms with Crippen molar-refractivity contribution in [2.75, 3.05) is 39.8 Å². The summed E-state index contributed by atoms with van der Waals surface area (Å²) in [5.74, 6) is 0.503. The van der Waals surface area contributed by atoms with Gasteiger partial charge in [-0.15, -0.1) is 0 Å². The number of piperazine rings is 1. The number of likely N-dealkylation sites (N-methyl/N-ethyl adjacent to an activating group) is 1. The third kappa shape index (κ3) is 4.15. The summed E-state index contributed by atoms with van der Waals surface area (Å²) in [4.78, 5) is 36.1. The SMILES string of the molecule is CCN1CCN(C(=O)c2cc3c(=O)n4cccc(C)c4nc3n(Cc3ccc(OC)cc3)c2=N)CC1. The molecule has 9 heteroatoms. The minimum Gasteiger partial charge on any atom is -0.497 e. The van der Waals surface area contributed by atoms with Crippen LogP contribution in [0.25, 0.3) is 16.7 Å². The first-order valence-corrected chi connectivity index (χ1v) is 12.2. The molecule has 1 amide bonds. The molecule has 1 fully saturated rings. The lowest BCUT2D eigenvalue weighted by Crippen LogP contribution is -2.49. The molecule has 0 atom stereocenters. The fourth-order valence-corrected chi connectivity index (χ4v) is 4.76. The van der Waals surface area contributed by atoms with Gasteiger partial charge < -0.3 is 19.1 Å². The van der Waals surface area contributed by atoms with Crippen LogP contribution >= 0.6 is 0 Å². The van der Waals surface area contributed by atoms with E-state index in [1.807, 2.05) is 37.3 Å². The first kappa shape index (κ1) is 23.7. The van der Waals surface area contributed by atoms with Crippen LogP contribution in [0.1, 0.15) is 28.4 Å². The van der Waals surface area contributed by atoms with Crippen molar-refractivity contribution < 1.29 is 9.53 Å². The van der Waals surface area contributed by atoms with Crippen LogP contribution < -0.4 is 15.8 Å². The van der Waals surface area contributed by atoms with Crippen molar-refractivity contribution in [3.63, 3.8) is 0 Å². The Morgan fingerprint density at radius 1 is 1.08 bits per heavy atom. The number of benzene rings is 1. The maximum Gasteiger partial charge on any atom is 0.267 e. The Morgan fingerprint density at radius 2 is 1.81 bits per heavy atom. The summed E-state index contributed by atoms with van der Waals surface area (Å²) < 4.78 is 8.44. The average molecular weight is 487 g/mol. The molecule has 9 nitrogen and oxygen atoms in total. The highest BCUT2D eigenvalue weighted by Crippen LogP contribution is 2.17. The van der Waals surface area contributed by atoms with Crippen molar-refractivity contribution in [2.45, 2.75) is 20.4 Å². The van der Waals surface area contributed by atoms with Gasteiger partial charge in [0.25, 0.3) is 11.5 Å². The number of pyridine rings is 2. The van der Waals surface area contributed by atoms with Crippen molar-refractivity contribution in [2.24, 2.45) is 0 Å². The van der Waals surface area contributed by atoms with Crippen LogP contribution in [0.3, 0.4) is 0 Å². The second-order valence-electron chi connectivity index (χ2n) is 9.11. The monoisotopic (exact) mass is 486 g/mol. The zero-order valence-corrected chi connectivity index (χ0v) is 20.8. The number of aryl methyl sites for hydroxylation is 1. The number of rotatable bonds is 5. The minimum atomic E-state index is -0.257. The molecule has 4 heterocycles. The number of hydrogen-bond donors (Lipinski definition) is 1. The van der Waals surface area contributed by atoms with Crippen LogP contribution in [0, 0.1) is 12.3 Å². The Bertz CT molecular complexity index is 1560. The summed E-state index contributed by atoms with van der Waals surface area (Å²) in [5, 5.41) is 9.36. The summed E-state index contributed by atoms with van der Waals surface area (Å²) >= 11 is 0. The number of amides is 1. The van der Waals surface area contributed by atoms with E-state index in [0.717, 1.165) is 36.5 Å². The molecule has 1 N–H and O–H groups in total. The quantitative estimate of drug-likeness (QED) is 0.437. The molecule has 0 radical (unpaired) electrons. The van der Waals surface area contributed by atoms with E-state index in [9.17, 15) is 9.59 Å². The number of carbonyl (C=O) groups is 1. The van der Waals surface area contributed by atoms with Crippen molar-refractivity contribution in [1.82, 2.24) is 23.8 Å². The number of nitrogens with one attached hydrogen (secondary N) is 1. The second-order valence-corrected chi connectivity index (χ2v) is 9.11. The number of carbonyl (C=O) groups excluding carboxylic acids is 1. The van der Waals surface area contributed by atoms with E-state index in [0.29, 0.717) is 36.3 Å². The molecule has 0 unspecified atom stereocenters. The zero-order chi connectivity index (χ0) is 25.4. The van der Waals surface area contributed by atoms with Crippen molar-refractivity contribution >= 4 is 22.6 Å². The standard InChI is InChI=1S/C27H30N6O3/c1-4-30-12-14-31(15-13-30)26(34)21-16-22-25(29-24-18(2)6-5-11-32(24)27(22)35)33(23(21)28)17-19-7-9-20(36-3)10-8-19/h5-11,16,28H,4,12-15,17H2,1-3H3. The molecule has 3 aromatic heterocycles. The van der Waals surface area contributed by atoms with E-state index < -0.39 is 0 Å². The Balaban J connectivity index is 1.70. The van der Waals surface area contributed by atoms with Gasteiger partial charge in [0.05, 0.1) is 24.6 Å². The molecule has 36 heavy (non-hydrogen) atoms. The number of methoxy groups -OCH3 is 1. The average Bonchev–Trinajstić information content (AvgIpc) is 2.91. The van der Waals surface area contributed by atoms with E-state index in [1.54, 1.807) is 34.9 Å². The van der Waals surface area contributed by atoms with Crippen LogP contribution in [-0.4, -0.2) is 69.5 Å². The molecule has 0 spiro atoms. The highest BCUT2D eigenvalue weighted by Gasteiger charge is 2.25. The van der Waals surface area contributed by atoms with Crippen LogP contribution in [0.15, 0.2) is 53.5 Å². The van der Waals surface area contributed by atoms with Gasteiger partial charge in [0.1, 0.15) is 22.5 Å². The van der Waals surface area contributed by atoms with Gasteiger partial charge in [-0.05, 0) is 48.9 Å². The van der Waals surface area contributed by atoms with E-state index in [-0.39, 0.29) is 22.5 Å². The van der Waals surface area contributed by atoms with Gasteiger partial charge in [-0.2, -0.15) is 0 Å². The lowest BCUT2D eigenvalue weighted by atomic mass is 10.1. The van der Waals surface area contributed by atoms with E-state index in [4.69, 9.17) is 15.1 Å². The molecule has 4 aromatic rings. The predicted octanol–water partition coefficient (Wildman–Crippen LogP) is 2.27. The first-order valence-electron chi connectivity index (χ1n) is 12.2. The van der Waals surface area contributed by atoms with Crippen molar-refractivity contribution in [3.05, 3.63) is 81.2 Å². The van der Waals surface area contributed by atoms with E-state index >= 15 is 0 Å². The zero-order valence-electron chi connectivity index (χ0n) is 20.8. The summed E-state index contributed by atoms with van der Waals surface area (Å²) in [7, 11) is 1.61. The van der Waals surface area contributed by atoms with Crippen LogP contribution in [0.4, 0.5) is 0 Å². The minimum absolute atomic E-state index is 0.0473. The molecule has 1 aliphatic heterocycles. The number of fused-ring (bicyclic) bond motifs is 2. The third-order valence-electron chi connectivity index (χ3n) is 6.97. The number of ether oxygens (including phenoxy) is 1. The Morgan fingerprint density at radius 3 is 2.47 bits per heavy atom. The van der Waals surface area contributed by atoms with Crippen LogP contribution in [0.2, 0.25) is 0 Å². The van der Waals surface area contributed by atoms with E-state index in [1.165, 1.54) is 4.40 Å². The normalized spacial score (nSPS) is 14.5. The van der Waals surface area contributed by atoms with Gasteiger partial charge in [-0.3, -0.25) is 19.4 Å². The van der Waals surface area contributed by atoms with Gasteiger partial charge in [0.15, 0.2) is 0 Å². The van der Waals surface area contributed by atoms with Crippen molar-refractivity contribution in [3.8, 4) is 5.75 Å². The smallest absolute Gasteiger partial charge is 0.267 e. The number of hydrogen-bond acceptors (Lipinski definition) is 6. The Hall–Kier alpha value is -3.98. The summed E-state index contributed by atoms with van der Waals surface area (Å²) in [6.45, 7) is 8.02. The topological polar surface area (TPSA) is 95.9 Å². The molecule has 1 aliphatic rings. The number of nitrogens with zero attached hydrogens (tertiary/aromatic N) is 5. The predicted molar refractivity (Wildman–Crippen MR) is 138 cm³/mol. The fraction of sp³-hybridized carbons (Fsp3) is 0.333. The van der Waals surface area contributed by atoms with Gasteiger partial charge >= 0.3 is 0 Å². The Labute approximate surface area is 208 Å². The highest BCUT2D eigenvalue weighted by atomic mass is 16.5. The van der Waals surface area contributed by atoms with Gasteiger partial charge in [0, 0.05) is 32.4 Å². The second kappa shape index (κ2) is 9.58. The highest BCUT2D eigenvalue weighted by molar-refractivity contribution is 5.97. The fourth-order valence-electron chi connectivity index (χ4n) is 4.76. The van der Waals surface area contributed by atoms with Crippen LogP contribution in [0.5, 0.6) is 5.75 Å². The summed E-state index contributed by atoms with van der Waals surface area (Å²) in [5.41, 5.74) is 2.69. The number of aromatic nitrogens is 3. The van der Waals surface area contributed by atoms with Crippen LogP contribution in [-0.2, 0) is 6.54 Å². The third-order valence-corrected chi connectivity index (χ3v) is 6.97. The maximum atomic E-state index is 13.6. The molecular formula is C27H30N6O3. The summed E-state index contributed by atoms with van der Waals surface area (Å²) in [6.07, 6.45) is 1.69. The molecule has 0 aliphatic carbocycles. The molecule has 5 rings (SSSR count). The summed E-state index contributed by atoms with van der Waals surface area (Å²) in [6, 6.07) is 12.8. The largest absolute Gasteiger partial charge is 0.497 e. The van der Waals surface area contributed by atoms with Crippen molar-refractivity contribution in [1.29, 1.82) is 5.41 Å². The molecule has 186 valence electrons.